The molecule has 1 aromatic heterocycles. The summed E-state index contributed by atoms with van der Waals surface area (Å²) in [6.45, 7) is 1.68. The summed E-state index contributed by atoms with van der Waals surface area (Å²) in [6.07, 6.45) is -2.86. The Bertz CT molecular complexity index is 529. The summed E-state index contributed by atoms with van der Waals surface area (Å²) in [6, 6.07) is 5.62. The molecule has 1 aromatic carbocycles. The van der Waals surface area contributed by atoms with Gasteiger partial charge in [-0.1, -0.05) is 17.7 Å². The SMILES string of the molecule is Cc1ccc(C(F)(F)F)c(-c2ccc[nH]2)c1Cl. The molecule has 0 radical (unpaired) electrons. The van der Waals surface area contributed by atoms with Gasteiger partial charge in [0.05, 0.1) is 10.6 Å². The van der Waals surface area contributed by atoms with Crippen LogP contribution in [0.25, 0.3) is 11.3 Å². The quantitative estimate of drug-likeness (QED) is 0.766. The van der Waals surface area contributed by atoms with E-state index < -0.39 is 11.7 Å². The summed E-state index contributed by atoms with van der Waals surface area (Å²) in [5.74, 6) is 0. The van der Waals surface area contributed by atoms with Crippen molar-refractivity contribution in [2.45, 2.75) is 13.1 Å². The standard InChI is InChI=1S/C12H9ClF3N/c1-7-4-5-8(12(14,15)16)10(11(7)13)9-3-2-6-17-9/h2-6,17H,1H3. The number of aromatic amines is 1. The van der Waals surface area contributed by atoms with Gasteiger partial charge in [0.2, 0.25) is 0 Å². The molecule has 2 aromatic rings. The topological polar surface area (TPSA) is 15.8 Å². The van der Waals surface area contributed by atoms with Crippen LogP contribution < -0.4 is 0 Å². The minimum Gasteiger partial charge on any atom is -0.361 e. The van der Waals surface area contributed by atoms with Gasteiger partial charge in [0.15, 0.2) is 0 Å². The summed E-state index contributed by atoms with van der Waals surface area (Å²) in [4.78, 5) is 2.75. The Kier molecular flexibility index (Phi) is 2.91. The van der Waals surface area contributed by atoms with Crippen molar-refractivity contribution in [3.05, 3.63) is 46.6 Å². The summed E-state index contributed by atoms with van der Waals surface area (Å²) >= 11 is 5.98. The van der Waals surface area contributed by atoms with Crippen LogP contribution in [-0.2, 0) is 6.18 Å². The Morgan fingerprint density at radius 3 is 2.41 bits per heavy atom. The van der Waals surface area contributed by atoms with Gasteiger partial charge in [-0.05, 0) is 30.7 Å². The van der Waals surface area contributed by atoms with Gasteiger partial charge in [0.1, 0.15) is 0 Å². The molecular formula is C12H9ClF3N. The summed E-state index contributed by atoms with van der Waals surface area (Å²) in [7, 11) is 0. The maximum atomic E-state index is 12.9. The van der Waals surface area contributed by atoms with Crippen LogP contribution in [0.4, 0.5) is 13.2 Å². The molecule has 0 saturated heterocycles. The van der Waals surface area contributed by atoms with Crippen LogP contribution in [0, 0.1) is 6.92 Å². The second-order valence-electron chi connectivity index (χ2n) is 3.70. The van der Waals surface area contributed by atoms with Crippen molar-refractivity contribution in [1.82, 2.24) is 4.98 Å². The monoisotopic (exact) mass is 259 g/mol. The fourth-order valence-corrected chi connectivity index (χ4v) is 1.93. The normalized spacial score (nSPS) is 11.8. The van der Waals surface area contributed by atoms with E-state index in [1.807, 2.05) is 0 Å². The van der Waals surface area contributed by atoms with E-state index in [9.17, 15) is 13.2 Å². The van der Waals surface area contributed by atoms with Crippen molar-refractivity contribution in [3.8, 4) is 11.3 Å². The number of aryl methyl sites for hydroxylation is 1. The molecule has 0 aliphatic carbocycles. The molecule has 1 N–H and O–H groups in total. The summed E-state index contributed by atoms with van der Waals surface area (Å²) in [5, 5.41) is 0.127. The van der Waals surface area contributed by atoms with Crippen LogP contribution in [-0.4, -0.2) is 4.98 Å². The fourth-order valence-electron chi connectivity index (χ4n) is 1.67. The lowest BCUT2D eigenvalue weighted by Gasteiger charge is -2.14. The van der Waals surface area contributed by atoms with Crippen LogP contribution >= 0.6 is 11.6 Å². The minimum absolute atomic E-state index is 0.00386. The molecule has 0 atom stereocenters. The van der Waals surface area contributed by atoms with Crippen molar-refractivity contribution >= 4 is 11.6 Å². The maximum Gasteiger partial charge on any atom is 0.417 e. The molecule has 0 bridgehead atoms. The first kappa shape index (κ1) is 12.0. The summed E-state index contributed by atoms with van der Waals surface area (Å²) < 4.78 is 38.6. The number of hydrogen-bond acceptors (Lipinski definition) is 0. The number of nitrogens with one attached hydrogen (secondary N) is 1. The van der Waals surface area contributed by atoms with Gasteiger partial charge in [-0.3, -0.25) is 0 Å². The zero-order valence-corrected chi connectivity index (χ0v) is 9.65. The lowest BCUT2D eigenvalue weighted by atomic mass is 10.0. The fraction of sp³-hybridized carbons (Fsp3) is 0.167. The smallest absolute Gasteiger partial charge is 0.361 e. The second-order valence-corrected chi connectivity index (χ2v) is 4.08. The molecule has 1 heterocycles. The van der Waals surface area contributed by atoms with E-state index in [1.165, 1.54) is 6.07 Å². The molecule has 0 aliphatic heterocycles. The number of benzene rings is 1. The molecule has 0 saturated carbocycles. The first-order valence-corrected chi connectivity index (χ1v) is 5.29. The van der Waals surface area contributed by atoms with E-state index in [1.54, 1.807) is 25.3 Å². The van der Waals surface area contributed by atoms with E-state index >= 15 is 0 Å². The van der Waals surface area contributed by atoms with Gasteiger partial charge < -0.3 is 4.98 Å². The third-order valence-corrected chi connectivity index (χ3v) is 2.99. The number of rotatable bonds is 1. The van der Waals surface area contributed by atoms with Crippen molar-refractivity contribution in [3.63, 3.8) is 0 Å². The molecule has 0 unspecified atom stereocenters. The van der Waals surface area contributed by atoms with E-state index in [-0.39, 0.29) is 10.6 Å². The zero-order chi connectivity index (χ0) is 12.6. The van der Waals surface area contributed by atoms with Crippen molar-refractivity contribution in [1.29, 1.82) is 0 Å². The highest BCUT2D eigenvalue weighted by atomic mass is 35.5. The lowest BCUT2D eigenvalue weighted by Crippen LogP contribution is -2.08. The number of hydrogen-bond donors (Lipinski definition) is 1. The molecular weight excluding hydrogens is 251 g/mol. The van der Waals surface area contributed by atoms with Crippen LogP contribution in [0.3, 0.4) is 0 Å². The molecule has 0 aliphatic rings. The third kappa shape index (κ3) is 2.17. The molecule has 17 heavy (non-hydrogen) atoms. The van der Waals surface area contributed by atoms with Crippen molar-refractivity contribution < 1.29 is 13.2 Å². The van der Waals surface area contributed by atoms with Gasteiger partial charge in [-0.2, -0.15) is 13.2 Å². The molecule has 5 heteroatoms. The Labute approximate surface area is 101 Å². The van der Waals surface area contributed by atoms with E-state index in [4.69, 9.17) is 11.6 Å². The minimum atomic E-state index is -4.42. The largest absolute Gasteiger partial charge is 0.417 e. The predicted octanol–water partition coefficient (Wildman–Crippen LogP) is 4.66. The Balaban J connectivity index is 2.74. The van der Waals surface area contributed by atoms with Gasteiger partial charge in [-0.15, -0.1) is 0 Å². The zero-order valence-electron chi connectivity index (χ0n) is 8.90. The molecule has 2 rings (SSSR count). The number of halogens is 4. The first-order valence-electron chi connectivity index (χ1n) is 4.91. The van der Waals surface area contributed by atoms with Gasteiger partial charge in [-0.25, -0.2) is 0 Å². The Morgan fingerprint density at radius 1 is 1.18 bits per heavy atom. The Morgan fingerprint density at radius 2 is 1.88 bits per heavy atom. The predicted molar refractivity (Wildman–Crippen MR) is 61.0 cm³/mol. The average molecular weight is 260 g/mol. The molecule has 0 fully saturated rings. The highest BCUT2D eigenvalue weighted by Gasteiger charge is 2.35. The van der Waals surface area contributed by atoms with Crippen LogP contribution in [0.5, 0.6) is 0 Å². The van der Waals surface area contributed by atoms with E-state index in [2.05, 4.69) is 4.98 Å². The second kappa shape index (κ2) is 4.11. The average Bonchev–Trinajstić information content (AvgIpc) is 2.73. The van der Waals surface area contributed by atoms with Crippen LogP contribution in [0.2, 0.25) is 5.02 Å². The molecule has 0 spiro atoms. The van der Waals surface area contributed by atoms with Crippen LogP contribution in [0.15, 0.2) is 30.5 Å². The van der Waals surface area contributed by atoms with Crippen molar-refractivity contribution in [2.75, 3.05) is 0 Å². The molecule has 90 valence electrons. The highest BCUT2D eigenvalue weighted by Crippen LogP contribution is 2.41. The van der Waals surface area contributed by atoms with Crippen molar-refractivity contribution in [2.24, 2.45) is 0 Å². The van der Waals surface area contributed by atoms with Crippen LogP contribution in [0.1, 0.15) is 11.1 Å². The van der Waals surface area contributed by atoms with Gasteiger partial charge in [0, 0.05) is 17.5 Å². The van der Waals surface area contributed by atoms with Gasteiger partial charge >= 0.3 is 6.18 Å². The van der Waals surface area contributed by atoms with E-state index in [0.29, 0.717) is 11.3 Å². The number of H-pyrrole nitrogens is 1. The number of alkyl halides is 3. The Hall–Kier alpha value is -1.42. The lowest BCUT2D eigenvalue weighted by molar-refractivity contribution is -0.137. The summed E-state index contributed by atoms with van der Waals surface area (Å²) in [5.41, 5.74) is 0.259. The third-order valence-electron chi connectivity index (χ3n) is 2.51. The molecule has 0 amide bonds. The first-order chi connectivity index (χ1) is 7.91. The number of aromatic nitrogens is 1. The highest BCUT2D eigenvalue weighted by molar-refractivity contribution is 6.34. The maximum absolute atomic E-state index is 12.9. The van der Waals surface area contributed by atoms with Gasteiger partial charge in [0.25, 0.3) is 0 Å². The van der Waals surface area contributed by atoms with E-state index in [0.717, 1.165) is 6.07 Å². The molecule has 1 nitrogen and oxygen atoms in total.